The van der Waals surface area contributed by atoms with Crippen molar-refractivity contribution in [2.24, 2.45) is 0 Å². The zero-order valence-electron chi connectivity index (χ0n) is 12.0. The van der Waals surface area contributed by atoms with Crippen molar-refractivity contribution < 1.29 is 14.7 Å². The van der Waals surface area contributed by atoms with Gasteiger partial charge in [-0.05, 0) is 12.8 Å². The Bertz CT molecular complexity index is 519. The fourth-order valence-electron chi connectivity index (χ4n) is 2.31. The van der Waals surface area contributed by atoms with Gasteiger partial charge < -0.3 is 10.0 Å². The van der Waals surface area contributed by atoms with E-state index in [2.05, 4.69) is 25.8 Å². The highest BCUT2D eigenvalue weighted by Gasteiger charge is 2.34. The molecule has 1 N–H and O–H groups in total. The maximum atomic E-state index is 12.2. The first-order valence-corrected chi connectivity index (χ1v) is 7.64. The Kier molecular flexibility index (Phi) is 4.13. The van der Waals surface area contributed by atoms with E-state index in [0.717, 1.165) is 17.1 Å². The fourth-order valence-corrected chi connectivity index (χ4v) is 3.22. The summed E-state index contributed by atoms with van der Waals surface area (Å²) in [6, 6.07) is -0.664. The minimum Gasteiger partial charge on any atom is -0.480 e. The number of carboxylic acids is 1. The summed E-state index contributed by atoms with van der Waals surface area (Å²) in [6.07, 6.45) is 1.49. The fraction of sp³-hybridized carbons (Fsp3) is 0.643. The van der Waals surface area contributed by atoms with Gasteiger partial charge >= 0.3 is 5.97 Å². The Morgan fingerprint density at radius 3 is 2.75 bits per heavy atom. The summed E-state index contributed by atoms with van der Waals surface area (Å²) >= 11 is 1.55. The summed E-state index contributed by atoms with van der Waals surface area (Å²) in [6.45, 7) is 6.78. The van der Waals surface area contributed by atoms with Gasteiger partial charge in [0.1, 0.15) is 6.04 Å². The van der Waals surface area contributed by atoms with E-state index in [9.17, 15) is 9.59 Å². The molecule has 0 bridgehead atoms. The van der Waals surface area contributed by atoms with E-state index < -0.39 is 12.0 Å². The maximum Gasteiger partial charge on any atom is 0.326 e. The molecule has 2 rings (SSSR count). The minimum absolute atomic E-state index is 0.0246. The Hall–Kier alpha value is -1.43. The molecule has 0 spiro atoms. The van der Waals surface area contributed by atoms with Crippen molar-refractivity contribution in [3.8, 4) is 0 Å². The molecule has 0 aliphatic carbocycles. The van der Waals surface area contributed by atoms with Gasteiger partial charge in [0, 0.05) is 17.3 Å². The van der Waals surface area contributed by atoms with E-state index in [-0.39, 0.29) is 17.7 Å². The second-order valence-corrected chi connectivity index (χ2v) is 7.01. The lowest BCUT2D eigenvalue weighted by Gasteiger charge is -2.21. The summed E-state index contributed by atoms with van der Waals surface area (Å²) in [4.78, 5) is 29.3. The van der Waals surface area contributed by atoms with Crippen LogP contribution in [0, 0.1) is 0 Å². The Morgan fingerprint density at radius 1 is 1.50 bits per heavy atom. The third kappa shape index (κ3) is 3.17. The normalized spacial score (nSPS) is 19.4. The lowest BCUT2D eigenvalue weighted by Crippen LogP contribution is -2.41. The van der Waals surface area contributed by atoms with Crippen LogP contribution in [-0.2, 0) is 21.4 Å². The molecule has 1 fully saturated rings. The summed E-state index contributed by atoms with van der Waals surface area (Å²) in [5, 5.41) is 12.0. The summed E-state index contributed by atoms with van der Waals surface area (Å²) in [7, 11) is 0. The van der Waals surface area contributed by atoms with Crippen LogP contribution in [-0.4, -0.2) is 39.5 Å². The van der Waals surface area contributed by atoms with Crippen LogP contribution in [0.3, 0.4) is 0 Å². The predicted molar refractivity (Wildman–Crippen MR) is 76.9 cm³/mol. The van der Waals surface area contributed by atoms with E-state index in [1.807, 2.05) is 5.38 Å². The van der Waals surface area contributed by atoms with Crippen molar-refractivity contribution in [3.05, 3.63) is 16.1 Å². The Labute approximate surface area is 122 Å². The van der Waals surface area contributed by atoms with Crippen molar-refractivity contribution >= 4 is 23.2 Å². The van der Waals surface area contributed by atoms with Gasteiger partial charge in [0.15, 0.2) is 0 Å². The number of hydrogen-bond donors (Lipinski definition) is 1. The number of carbonyl (C=O) groups is 2. The summed E-state index contributed by atoms with van der Waals surface area (Å²) < 4.78 is 0. The number of nitrogens with zero attached hydrogens (tertiary/aromatic N) is 2. The third-order valence-electron chi connectivity index (χ3n) is 3.38. The molecule has 0 unspecified atom stereocenters. The maximum absolute atomic E-state index is 12.2. The van der Waals surface area contributed by atoms with Crippen LogP contribution in [0.4, 0.5) is 0 Å². The molecular weight excluding hydrogens is 276 g/mol. The molecule has 1 aromatic rings. The van der Waals surface area contributed by atoms with E-state index in [4.69, 9.17) is 5.11 Å². The number of carbonyl (C=O) groups excluding carboxylic acids is 1. The molecule has 6 heteroatoms. The third-order valence-corrected chi connectivity index (χ3v) is 4.70. The molecule has 1 aliphatic rings. The highest BCUT2D eigenvalue weighted by atomic mass is 32.1. The molecule has 0 saturated carbocycles. The molecule has 1 aromatic heterocycles. The number of likely N-dealkylation sites (tertiary alicyclic amines) is 1. The van der Waals surface area contributed by atoms with Crippen LogP contribution in [0.25, 0.3) is 0 Å². The number of carboxylic acid groups (broad SMARTS) is 1. The zero-order valence-corrected chi connectivity index (χ0v) is 12.9. The molecule has 20 heavy (non-hydrogen) atoms. The standard InChI is InChI=1S/C14H20N2O3S/c1-14(2,3)13-15-9(8-20-13)7-11(17)16-6-4-5-10(16)12(18)19/h8,10H,4-7H2,1-3H3,(H,18,19)/t10-/m1/s1. The molecular formula is C14H20N2O3S. The summed E-state index contributed by atoms with van der Waals surface area (Å²) in [5.74, 6) is -1.05. The van der Waals surface area contributed by atoms with Crippen LogP contribution < -0.4 is 0 Å². The first kappa shape index (κ1) is 15.0. The lowest BCUT2D eigenvalue weighted by atomic mass is 9.98. The van der Waals surface area contributed by atoms with Gasteiger partial charge in [-0.15, -0.1) is 11.3 Å². The highest BCUT2D eigenvalue weighted by Crippen LogP contribution is 2.26. The van der Waals surface area contributed by atoms with Gasteiger partial charge in [-0.1, -0.05) is 20.8 Å². The first-order chi connectivity index (χ1) is 9.29. The number of hydrogen-bond acceptors (Lipinski definition) is 4. The average Bonchev–Trinajstić information content (AvgIpc) is 2.95. The smallest absolute Gasteiger partial charge is 0.326 e. The Morgan fingerprint density at radius 2 is 2.20 bits per heavy atom. The molecule has 1 atom stereocenters. The second kappa shape index (κ2) is 5.52. The van der Waals surface area contributed by atoms with Crippen molar-refractivity contribution in [2.45, 2.75) is 51.5 Å². The lowest BCUT2D eigenvalue weighted by molar-refractivity contribution is -0.148. The number of rotatable bonds is 3. The molecule has 0 aromatic carbocycles. The van der Waals surface area contributed by atoms with Crippen LogP contribution in [0.5, 0.6) is 0 Å². The van der Waals surface area contributed by atoms with Gasteiger partial charge in [-0.2, -0.15) is 0 Å². The quantitative estimate of drug-likeness (QED) is 0.927. The van der Waals surface area contributed by atoms with E-state index in [1.54, 1.807) is 11.3 Å². The van der Waals surface area contributed by atoms with Gasteiger partial charge in [-0.3, -0.25) is 4.79 Å². The van der Waals surface area contributed by atoms with Gasteiger partial charge in [0.05, 0.1) is 17.1 Å². The van der Waals surface area contributed by atoms with Gasteiger partial charge in [0.2, 0.25) is 5.91 Å². The van der Waals surface area contributed by atoms with Gasteiger partial charge in [-0.25, -0.2) is 9.78 Å². The van der Waals surface area contributed by atoms with Crippen molar-refractivity contribution in [1.29, 1.82) is 0 Å². The van der Waals surface area contributed by atoms with E-state index in [0.29, 0.717) is 13.0 Å². The molecule has 5 nitrogen and oxygen atoms in total. The van der Waals surface area contributed by atoms with E-state index >= 15 is 0 Å². The largest absolute Gasteiger partial charge is 0.480 e. The molecule has 2 heterocycles. The molecule has 1 saturated heterocycles. The monoisotopic (exact) mass is 296 g/mol. The second-order valence-electron chi connectivity index (χ2n) is 6.15. The van der Waals surface area contributed by atoms with Gasteiger partial charge in [0.25, 0.3) is 0 Å². The predicted octanol–water partition coefficient (Wildman–Crippen LogP) is 2.06. The van der Waals surface area contributed by atoms with Crippen molar-refractivity contribution in [3.63, 3.8) is 0 Å². The number of amides is 1. The van der Waals surface area contributed by atoms with Crippen LogP contribution in [0.15, 0.2) is 5.38 Å². The number of aliphatic carboxylic acids is 1. The molecule has 110 valence electrons. The van der Waals surface area contributed by atoms with Crippen LogP contribution in [0.1, 0.15) is 44.3 Å². The minimum atomic E-state index is -0.912. The summed E-state index contributed by atoms with van der Waals surface area (Å²) in [5.41, 5.74) is 0.712. The van der Waals surface area contributed by atoms with Crippen molar-refractivity contribution in [1.82, 2.24) is 9.88 Å². The van der Waals surface area contributed by atoms with E-state index in [1.165, 1.54) is 4.90 Å². The zero-order chi connectivity index (χ0) is 14.9. The first-order valence-electron chi connectivity index (χ1n) is 6.76. The topological polar surface area (TPSA) is 70.5 Å². The molecule has 0 radical (unpaired) electrons. The van der Waals surface area contributed by atoms with Crippen LogP contribution >= 0.6 is 11.3 Å². The van der Waals surface area contributed by atoms with Crippen LogP contribution in [0.2, 0.25) is 0 Å². The average molecular weight is 296 g/mol. The van der Waals surface area contributed by atoms with Crippen molar-refractivity contribution in [2.75, 3.05) is 6.54 Å². The highest BCUT2D eigenvalue weighted by molar-refractivity contribution is 7.09. The Balaban J connectivity index is 2.05. The number of thiazole rings is 1. The SMILES string of the molecule is CC(C)(C)c1nc(CC(=O)N2CCC[C@@H]2C(=O)O)cs1. The molecule has 1 aliphatic heterocycles. The molecule has 1 amide bonds. The number of aromatic nitrogens is 1.